The fourth-order valence-electron chi connectivity index (χ4n) is 4.63. The van der Waals surface area contributed by atoms with Gasteiger partial charge in [-0.25, -0.2) is 4.39 Å². The molecule has 1 heterocycles. The van der Waals surface area contributed by atoms with E-state index in [4.69, 9.17) is 15.2 Å². The molecule has 0 bridgehead atoms. The third-order valence-corrected chi connectivity index (χ3v) is 7.52. The van der Waals surface area contributed by atoms with Crippen molar-refractivity contribution < 1.29 is 18.7 Å². The second-order valence-corrected chi connectivity index (χ2v) is 10.2. The van der Waals surface area contributed by atoms with Gasteiger partial charge in [-0.3, -0.25) is 4.79 Å². The van der Waals surface area contributed by atoms with Gasteiger partial charge in [0.2, 0.25) is 5.78 Å². The van der Waals surface area contributed by atoms with Crippen molar-refractivity contribution in [3.8, 4) is 22.6 Å². The minimum atomic E-state index is -0.346. The van der Waals surface area contributed by atoms with Crippen molar-refractivity contribution in [1.82, 2.24) is 0 Å². The summed E-state index contributed by atoms with van der Waals surface area (Å²) in [5, 5.41) is 0.957. The highest BCUT2D eigenvalue weighted by Crippen LogP contribution is 2.42. The summed E-state index contributed by atoms with van der Waals surface area (Å²) in [5.74, 6) is 0.981. The minimum absolute atomic E-state index is 0.119. The van der Waals surface area contributed by atoms with Crippen molar-refractivity contribution in [2.45, 2.75) is 20.5 Å². The summed E-state index contributed by atoms with van der Waals surface area (Å²) in [4.78, 5) is 14.6. The van der Waals surface area contributed by atoms with Crippen LogP contribution in [0.5, 0.6) is 11.5 Å². The maximum absolute atomic E-state index is 14.0. The van der Waals surface area contributed by atoms with Crippen LogP contribution in [0, 0.1) is 19.7 Å². The van der Waals surface area contributed by atoms with Gasteiger partial charge in [-0.1, -0.05) is 42.5 Å². The highest BCUT2D eigenvalue weighted by atomic mass is 32.1. The summed E-state index contributed by atoms with van der Waals surface area (Å²) in [6, 6.07) is 26.4. The first-order valence-electron chi connectivity index (χ1n) is 12.4. The molecule has 4 nitrogen and oxygen atoms in total. The standard InChI is InChI=1S/C32H28FNO3S/c1-20-16-24(33)17-21(2)29(20)31(35)32-30(23-8-10-25(11-9-23)36-15-14-34)27-13-12-26(18-28(27)38-32)37-19-22-6-4-3-5-7-22/h3-13,16-18H,14-15,19,34H2,1-2H3. The lowest BCUT2D eigenvalue weighted by atomic mass is 9.94. The topological polar surface area (TPSA) is 61.5 Å². The van der Waals surface area contributed by atoms with Gasteiger partial charge in [0.05, 0.1) is 4.88 Å². The molecular weight excluding hydrogens is 497 g/mol. The van der Waals surface area contributed by atoms with Crippen LogP contribution in [-0.2, 0) is 6.61 Å². The monoisotopic (exact) mass is 525 g/mol. The van der Waals surface area contributed by atoms with Crippen molar-refractivity contribution in [2.24, 2.45) is 5.73 Å². The molecule has 6 heteroatoms. The van der Waals surface area contributed by atoms with Crippen LogP contribution in [0.1, 0.15) is 31.9 Å². The third-order valence-electron chi connectivity index (χ3n) is 6.37. The highest BCUT2D eigenvalue weighted by Gasteiger charge is 2.24. The van der Waals surface area contributed by atoms with Crippen LogP contribution in [0.3, 0.4) is 0 Å². The molecule has 0 atom stereocenters. The van der Waals surface area contributed by atoms with Crippen molar-refractivity contribution in [2.75, 3.05) is 13.2 Å². The quantitative estimate of drug-likeness (QED) is 0.203. The SMILES string of the molecule is Cc1cc(F)cc(C)c1C(=O)c1sc2cc(OCc3ccccc3)ccc2c1-c1ccc(OCCN)cc1. The first-order valence-corrected chi connectivity index (χ1v) is 13.2. The van der Waals surface area contributed by atoms with Gasteiger partial charge in [-0.15, -0.1) is 11.3 Å². The fourth-order valence-corrected chi connectivity index (χ4v) is 5.83. The molecule has 0 saturated carbocycles. The number of carbonyl (C=O) groups excluding carboxylic acids is 1. The van der Waals surface area contributed by atoms with E-state index in [2.05, 4.69) is 0 Å². The number of carbonyl (C=O) groups is 1. The van der Waals surface area contributed by atoms with E-state index in [0.717, 1.165) is 32.5 Å². The molecule has 0 fully saturated rings. The Morgan fingerprint density at radius 1 is 0.868 bits per heavy atom. The zero-order valence-corrected chi connectivity index (χ0v) is 22.1. The van der Waals surface area contributed by atoms with Crippen LogP contribution >= 0.6 is 11.3 Å². The van der Waals surface area contributed by atoms with Crippen molar-refractivity contribution >= 4 is 27.2 Å². The molecule has 38 heavy (non-hydrogen) atoms. The molecule has 0 aliphatic rings. The van der Waals surface area contributed by atoms with Crippen LogP contribution in [-0.4, -0.2) is 18.9 Å². The number of thiophene rings is 1. The Morgan fingerprint density at radius 2 is 1.55 bits per heavy atom. The van der Waals surface area contributed by atoms with Gasteiger partial charge in [0, 0.05) is 27.8 Å². The predicted octanol–water partition coefficient (Wildman–Crippen LogP) is 7.47. The van der Waals surface area contributed by atoms with Crippen molar-refractivity contribution in [3.05, 3.63) is 118 Å². The lowest BCUT2D eigenvalue weighted by Crippen LogP contribution is -2.10. The average molecular weight is 526 g/mol. The number of hydrogen-bond acceptors (Lipinski definition) is 5. The highest BCUT2D eigenvalue weighted by molar-refractivity contribution is 7.21. The molecule has 0 aliphatic carbocycles. The molecule has 5 aromatic rings. The van der Waals surface area contributed by atoms with E-state index < -0.39 is 0 Å². The Bertz CT molecular complexity index is 1570. The number of aryl methyl sites for hydroxylation is 2. The largest absolute Gasteiger partial charge is 0.492 e. The summed E-state index contributed by atoms with van der Waals surface area (Å²) in [6.45, 7) is 4.86. The molecule has 0 aliphatic heterocycles. The maximum Gasteiger partial charge on any atom is 0.204 e. The first kappa shape index (κ1) is 25.6. The predicted molar refractivity (Wildman–Crippen MR) is 152 cm³/mol. The summed E-state index contributed by atoms with van der Waals surface area (Å²) >= 11 is 1.43. The van der Waals surface area contributed by atoms with Gasteiger partial charge < -0.3 is 15.2 Å². The third kappa shape index (κ3) is 5.32. The van der Waals surface area contributed by atoms with E-state index in [1.165, 1.54) is 23.5 Å². The van der Waals surface area contributed by atoms with Gasteiger partial charge in [0.15, 0.2) is 0 Å². The molecule has 0 amide bonds. The van der Waals surface area contributed by atoms with E-state index in [9.17, 15) is 9.18 Å². The molecule has 0 spiro atoms. The molecule has 5 rings (SSSR count). The Morgan fingerprint density at radius 3 is 2.24 bits per heavy atom. The number of nitrogens with two attached hydrogens (primary N) is 1. The number of rotatable bonds is 9. The Labute approximate surface area is 225 Å². The number of fused-ring (bicyclic) bond motifs is 1. The second kappa shape index (κ2) is 11.2. The molecule has 0 unspecified atom stereocenters. The number of ether oxygens (including phenoxy) is 2. The lowest BCUT2D eigenvalue weighted by molar-refractivity contribution is 0.104. The van der Waals surface area contributed by atoms with Gasteiger partial charge in [-0.05, 0) is 78.6 Å². The van der Waals surface area contributed by atoms with E-state index in [-0.39, 0.29) is 11.6 Å². The maximum atomic E-state index is 14.0. The first-order chi connectivity index (χ1) is 18.4. The molecule has 0 saturated heterocycles. The smallest absolute Gasteiger partial charge is 0.204 e. The van der Waals surface area contributed by atoms with Crippen LogP contribution in [0.15, 0.2) is 84.9 Å². The average Bonchev–Trinajstić information content (AvgIpc) is 3.30. The fraction of sp³-hybridized carbons (Fsp3) is 0.156. The minimum Gasteiger partial charge on any atom is -0.492 e. The van der Waals surface area contributed by atoms with Crippen LogP contribution < -0.4 is 15.2 Å². The van der Waals surface area contributed by atoms with Crippen LogP contribution in [0.25, 0.3) is 21.2 Å². The van der Waals surface area contributed by atoms with E-state index in [0.29, 0.717) is 47.1 Å². The normalized spacial score (nSPS) is 11.1. The van der Waals surface area contributed by atoms with Gasteiger partial charge in [0.25, 0.3) is 0 Å². The Balaban J connectivity index is 1.59. The lowest BCUT2D eigenvalue weighted by Gasteiger charge is -2.11. The van der Waals surface area contributed by atoms with Crippen molar-refractivity contribution in [1.29, 1.82) is 0 Å². The van der Waals surface area contributed by atoms with Gasteiger partial charge >= 0.3 is 0 Å². The number of hydrogen-bond donors (Lipinski definition) is 1. The molecule has 192 valence electrons. The summed E-state index contributed by atoms with van der Waals surface area (Å²) in [5.41, 5.74) is 10.1. The van der Waals surface area contributed by atoms with E-state index in [1.54, 1.807) is 13.8 Å². The molecule has 2 N–H and O–H groups in total. The van der Waals surface area contributed by atoms with E-state index in [1.807, 2.05) is 72.8 Å². The van der Waals surface area contributed by atoms with Crippen molar-refractivity contribution in [3.63, 3.8) is 0 Å². The van der Waals surface area contributed by atoms with Crippen LogP contribution in [0.2, 0.25) is 0 Å². The van der Waals surface area contributed by atoms with Gasteiger partial charge in [-0.2, -0.15) is 0 Å². The summed E-state index contributed by atoms with van der Waals surface area (Å²) < 4.78 is 26.6. The second-order valence-electron chi connectivity index (χ2n) is 9.14. The molecule has 4 aromatic carbocycles. The zero-order chi connectivity index (χ0) is 26.6. The Kier molecular flexibility index (Phi) is 7.54. The van der Waals surface area contributed by atoms with Gasteiger partial charge in [0.1, 0.15) is 30.5 Å². The molecular formula is C32H28FNO3S. The molecule has 0 radical (unpaired) electrons. The number of ketones is 1. The molecule has 1 aromatic heterocycles. The summed E-state index contributed by atoms with van der Waals surface area (Å²) in [6.07, 6.45) is 0. The number of halogens is 1. The summed E-state index contributed by atoms with van der Waals surface area (Å²) in [7, 11) is 0. The zero-order valence-electron chi connectivity index (χ0n) is 21.3. The van der Waals surface area contributed by atoms with E-state index >= 15 is 0 Å². The number of benzene rings is 4. The Hall–Kier alpha value is -4.00. The van der Waals surface area contributed by atoms with Crippen LogP contribution in [0.4, 0.5) is 4.39 Å².